The molecular formula is C22H21FN2O5. The summed E-state index contributed by atoms with van der Waals surface area (Å²) < 4.78 is 30.6. The number of ether oxygens (including phenoxy) is 2. The molecule has 7 nitrogen and oxygen atoms in total. The zero-order valence-corrected chi connectivity index (χ0v) is 16.6. The van der Waals surface area contributed by atoms with Crippen LogP contribution in [-0.2, 0) is 14.3 Å². The van der Waals surface area contributed by atoms with Gasteiger partial charge < -0.3 is 14.0 Å². The van der Waals surface area contributed by atoms with Crippen LogP contribution < -0.4 is 9.64 Å². The Labute approximate surface area is 172 Å². The lowest BCUT2D eigenvalue weighted by molar-refractivity contribution is -0.133. The van der Waals surface area contributed by atoms with E-state index in [0.717, 1.165) is 0 Å². The average molecular weight is 412 g/mol. The number of hydrogen-bond donors (Lipinski definition) is 0. The summed E-state index contributed by atoms with van der Waals surface area (Å²) in [5.41, 5.74) is 0.931. The molecule has 0 N–H and O–H groups in total. The van der Waals surface area contributed by atoms with E-state index in [4.69, 9.17) is 14.0 Å². The Morgan fingerprint density at radius 1 is 1.23 bits per heavy atom. The van der Waals surface area contributed by atoms with Gasteiger partial charge in [-0.25, -0.2) is 4.39 Å². The molecule has 0 radical (unpaired) electrons. The summed E-state index contributed by atoms with van der Waals surface area (Å²) in [6.07, 6.45) is -0.659. The standard InChI is InChI=1S/C22H21FN2O5/c1-11-8-17(24-30-11)25-19(12-4-3-5-14(9-12)28-2)18-20(26)15-10-13(23)6-7-16(15)29-21(18)22(25)27/h3-5,8-9,13,15-16,19H,6-7,10H2,1-2H3. The third-order valence-corrected chi connectivity index (χ3v) is 6.06. The number of nitrogens with zero attached hydrogens (tertiary/aromatic N) is 2. The highest BCUT2D eigenvalue weighted by molar-refractivity contribution is 6.17. The van der Waals surface area contributed by atoms with Gasteiger partial charge in [-0.3, -0.25) is 14.5 Å². The number of ketones is 1. The van der Waals surface area contributed by atoms with Gasteiger partial charge in [0.2, 0.25) is 0 Å². The van der Waals surface area contributed by atoms with Crippen molar-refractivity contribution >= 4 is 17.5 Å². The number of rotatable bonds is 3. The Morgan fingerprint density at radius 2 is 2.07 bits per heavy atom. The minimum atomic E-state index is -1.04. The number of fused-ring (bicyclic) bond motifs is 1. The number of amides is 1. The van der Waals surface area contributed by atoms with Gasteiger partial charge in [0.05, 0.1) is 24.6 Å². The van der Waals surface area contributed by atoms with Crippen molar-refractivity contribution in [3.8, 4) is 5.75 Å². The number of anilines is 1. The van der Waals surface area contributed by atoms with Crippen LogP contribution in [0.4, 0.5) is 10.2 Å². The lowest BCUT2D eigenvalue weighted by Crippen LogP contribution is -2.42. The maximum absolute atomic E-state index is 14.1. The van der Waals surface area contributed by atoms with Gasteiger partial charge in [-0.15, -0.1) is 0 Å². The lowest BCUT2D eigenvalue weighted by atomic mass is 9.77. The van der Waals surface area contributed by atoms with Crippen LogP contribution in [0.25, 0.3) is 0 Å². The number of carbonyl (C=O) groups is 2. The molecule has 5 rings (SSSR count). The van der Waals surface area contributed by atoms with E-state index >= 15 is 0 Å². The fourth-order valence-corrected chi connectivity index (χ4v) is 4.65. The van der Waals surface area contributed by atoms with Gasteiger partial charge in [0.25, 0.3) is 5.91 Å². The summed E-state index contributed by atoms with van der Waals surface area (Å²) in [6, 6.07) is 8.04. The SMILES string of the molecule is COc1cccc(C2C3=C(OC4CCC(F)CC4C3=O)C(=O)N2c2cc(C)on2)c1. The third-order valence-electron chi connectivity index (χ3n) is 6.06. The van der Waals surface area contributed by atoms with Crippen molar-refractivity contribution in [2.75, 3.05) is 12.0 Å². The summed E-state index contributed by atoms with van der Waals surface area (Å²) in [6.45, 7) is 1.72. The van der Waals surface area contributed by atoms with Gasteiger partial charge in [0.1, 0.15) is 23.8 Å². The molecule has 0 saturated heterocycles. The summed E-state index contributed by atoms with van der Waals surface area (Å²) in [5, 5.41) is 4.00. The Hall–Kier alpha value is -3.16. The van der Waals surface area contributed by atoms with Crippen LogP contribution in [-0.4, -0.2) is 36.2 Å². The van der Waals surface area contributed by atoms with Crippen molar-refractivity contribution in [1.29, 1.82) is 0 Å². The van der Waals surface area contributed by atoms with Crippen molar-refractivity contribution in [3.63, 3.8) is 0 Å². The third kappa shape index (κ3) is 2.81. The lowest BCUT2D eigenvalue weighted by Gasteiger charge is -2.36. The van der Waals surface area contributed by atoms with Gasteiger partial charge in [-0.05, 0) is 43.9 Å². The van der Waals surface area contributed by atoms with E-state index in [2.05, 4.69) is 5.16 Å². The fourth-order valence-electron chi connectivity index (χ4n) is 4.65. The Morgan fingerprint density at radius 3 is 2.80 bits per heavy atom. The summed E-state index contributed by atoms with van der Waals surface area (Å²) >= 11 is 0. The molecule has 0 spiro atoms. The minimum absolute atomic E-state index is 0.0343. The topological polar surface area (TPSA) is 81.9 Å². The molecule has 1 aromatic heterocycles. The normalized spacial score (nSPS) is 28.3. The fraction of sp³-hybridized carbons (Fsp3) is 0.409. The number of methoxy groups -OCH3 is 1. The van der Waals surface area contributed by atoms with E-state index in [1.54, 1.807) is 38.3 Å². The van der Waals surface area contributed by atoms with E-state index in [1.165, 1.54) is 4.90 Å². The number of carbonyl (C=O) groups excluding carboxylic acids is 2. The molecule has 4 unspecified atom stereocenters. The van der Waals surface area contributed by atoms with Gasteiger partial charge in [-0.2, -0.15) is 0 Å². The van der Waals surface area contributed by atoms with E-state index in [9.17, 15) is 14.0 Å². The number of halogens is 1. The molecule has 2 aliphatic heterocycles. The van der Waals surface area contributed by atoms with Crippen LogP contribution >= 0.6 is 0 Å². The van der Waals surface area contributed by atoms with Crippen LogP contribution in [0.2, 0.25) is 0 Å². The predicted octanol–water partition coefficient (Wildman–Crippen LogP) is 3.44. The number of alkyl halides is 1. The van der Waals surface area contributed by atoms with Crippen molar-refractivity contribution in [3.05, 3.63) is 53.0 Å². The number of benzene rings is 1. The van der Waals surface area contributed by atoms with Crippen molar-refractivity contribution in [2.45, 2.75) is 44.5 Å². The minimum Gasteiger partial charge on any atom is -0.497 e. The average Bonchev–Trinajstić information content (AvgIpc) is 3.30. The summed E-state index contributed by atoms with van der Waals surface area (Å²) in [4.78, 5) is 28.3. The van der Waals surface area contributed by atoms with Crippen LogP contribution in [0.1, 0.15) is 36.6 Å². The maximum atomic E-state index is 14.1. The smallest absolute Gasteiger partial charge is 0.295 e. The second kappa shape index (κ2) is 6.97. The van der Waals surface area contributed by atoms with Crippen molar-refractivity contribution < 1.29 is 28.0 Å². The Kier molecular flexibility index (Phi) is 4.38. The largest absolute Gasteiger partial charge is 0.497 e. The first-order valence-electron chi connectivity index (χ1n) is 9.98. The van der Waals surface area contributed by atoms with Crippen molar-refractivity contribution in [2.24, 2.45) is 5.92 Å². The highest BCUT2D eigenvalue weighted by Crippen LogP contribution is 2.48. The molecule has 156 valence electrons. The molecular weight excluding hydrogens is 391 g/mol. The first kappa shape index (κ1) is 18.8. The second-order valence-corrected chi connectivity index (χ2v) is 7.93. The predicted molar refractivity (Wildman–Crippen MR) is 104 cm³/mol. The van der Waals surface area contributed by atoms with E-state index in [-0.39, 0.29) is 23.5 Å². The van der Waals surface area contributed by atoms with Crippen molar-refractivity contribution in [1.82, 2.24) is 5.16 Å². The molecule has 2 aromatic rings. The zero-order chi connectivity index (χ0) is 21.0. The molecule has 4 atom stereocenters. The summed E-state index contributed by atoms with van der Waals surface area (Å²) in [5.74, 6) is 0.191. The molecule has 1 aliphatic carbocycles. The monoisotopic (exact) mass is 412 g/mol. The van der Waals surface area contributed by atoms with Gasteiger partial charge >= 0.3 is 0 Å². The van der Waals surface area contributed by atoms with Crippen LogP contribution in [0.3, 0.4) is 0 Å². The number of Topliss-reactive ketones (excluding diaryl/α,β-unsaturated/α-hetero) is 1. The van der Waals surface area contributed by atoms with Crippen LogP contribution in [0.5, 0.6) is 5.75 Å². The van der Waals surface area contributed by atoms with Crippen LogP contribution in [0.15, 0.2) is 46.2 Å². The number of aryl methyl sites for hydroxylation is 1. The molecule has 1 fully saturated rings. The second-order valence-electron chi connectivity index (χ2n) is 7.93. The Balaban J connectivity index is 1.65. The van der Waals surface area contributed by atoms with E-state index in [0.29, 0.717) is 35.7 Å². The maximum Gasteiger partial charge on any atom is 0.295 e. The highest BCUT2D eigenvalue weighted by atomic mass is 19.1. The van der Waals surface area contributed by atoms with Gasteiger partial charge in [-0.1, -0.05) is 17.3 Å². The van der Waals surface area contributed by atoms with Crippen LogP contribution in [0, 0.1) is 12.8 Å². The highest BCUT2D eigenvalue weighted by Gasteiger charge is 2.54. The molecule has 1 saturated carbocycles. The van der Waals surface area contributed by atoms with Gasteiger partial charge in [0.15, 0.2) is 17.4 Å². The molecule has 1 aromatic carbocycles. The molecule has 0 bridgehead atoms. The quantitative estimate of drug-likeness (QED) is 0.768. The molecule has 3 aliphatic rings. The van der Waals surface area contributed by atoms with E-state index in [1.807, 2.05) is 6.07 Å². The number of hydrogen-bond acceptors (Lipinski definition) is 6. The zero-order valence-electron chi connectivity index (χ0n) is 16.6. The molecule has 30 heavy (non-hydrogen) atoms. The van der Waals surface area contributed by atoms with E-state index < -0.39 is 30.1 Å². The van der Waals surface area contributed by atoms with Gasteiger partial charge in [0, 0.05) is 6.07 Å². The first-order chi connectivity index (χ1) is 14.5. The molecule has 1 amide bonds. The summed E-state index contributed by atoms with van der Waals surface area (Å²) in [7, 11) is 1.55. The first-order valence-corrected chi connectivity index (χ1v) is 9.98. The molecule has 8 heteroatoms. The molecule has 3 heterocycles. The number of aromatic nitrogens is 1. The Bertz CT molecular complexity index is 1060.